The van der Waals surface area contributed by atoms with Gasteiger partial charge in [0, 0.05) is 18.1 Å². The van der Waals surface area contributed by atoms with Gasteiger partial charge in [-0.2, -0.15) is 0 Å². The summed E-state index contributed by atoms with van der Waals surface area (Å²) in [5.41, 5.74) is 7.87. The van der Waals surface area contributed by atoms with Crippen LogP contribution in [0, 0.1) is 0 Å². The Morgan fingerprint density at radius 1 is 0.528 bits per heavy atom. The molecule has 2 atom stereocenters. The maximum absolute atomic E-state index is 3.88. The van der Waals surface area contributed by atoms with Gasteiger partial charge in [-0.15, -0.1) is 0 Å². The topological polar surface area (TPSA) is 24.1 Å². The van der Waals surface area contributed by atoms with E-state index in [1.165, 1.54) is 33.4 Å². The highest BCUT2D eigenvalue weighted by molar-refractivity contribution is 5.64. The largest absolute Gasteiger partial charge is 0.308 e. The van der Waals surface area contributed by atoms with Crippen molar-refractivity contribution in [3.8, 4) is 11.1 Å². The van der Waals surface area contributed by atoms with Crippen molar-refractivity contribution in [1.82, 2.24) is 10.6 Å². The molecule has 186 valence electrons. The number of benzene rings is 4. The molecule has 0 aliphatic heterocycles. The second kappa shape index (κ2) is 12.7. The van der Waals surface area contributed by atoms with Gasteiger partial charge in [0.25, 0.3) is 0 Å². The van der Waals surface area contributed by atoms with Crippen LogP contribution in [0.25, 0.3) is 11.1 Å². The van der Waals surface area contributed by atoms with Gasteiger partial charge in [-0.25, -0.2) is 0 Å². The number of aryl methyl sites for hydroxylation is 1. The van der Waals surface area contributed by atoms with E-state index in [2.05, 4.69) is 148 Å². The zero-order chi connectivity index (χ0) is 25.3. The molecule has 0 spiro atoms. The van der Waals surface area contributed by atoms with Crippen molar-refractivity contribution >= 4 is 0 Å². The van der Waals surface area contributed by atoms with E-state index in [4.69, 9.17) is 0 Å². The molecule has 0 radical (unpaired) electrons. The molecule has 0 fully saturated rings. The van der Waals surface area contributed by atoms with Gasteiger partial charge >= 0.3 is 0 Å². The van der Waals surface area contributed by atoms with E-state index < -0.39 is 0 Å². The maximum atomic E-state index is 3.88. The Bertz CT molecular complexity index is 1130. The Labute approximate surface area is 217 Å². The minimum absolute atomic E-state index is 0.200. The zero-order valence-corrected chi connectivity index (χ0v) is 22.1. The molecule has 2 unspecified atom stereocenters. The van der Waals surface area contributed by atoms with Gasteiger partial charge in [0.2, 0.25) is 0 Å². The van der Waals surface area contributed by atoms with E-state index in [1.807, 2.05) is 0 Å². The van der Waals surface area contributed by atoms with Crippen molar-refractivity contribution in [2.45, 2.75) is 64.7 Å². The molecule has 0 saturated carbocycles. The minimum atomic E-state index is 0.200. The summed E-state index contributed by atoms with van der Waals surface area (Å²) >= 11 is 0. The van der Waals surface area contributed by atoms with Crippen LogP contribution in [0.5, 0.6) is 0 Å². The lowest BCUT2D eigenvalue weighted by atomic mass is 9.96. The summed E-state index contributed by atoms with van der Waals surface area (Å²) in [4.78, 5) is 0. The predicted molar refractivity (Wildman–Crippen MR) is 154 cm³/mol. The second-order valence-corrected chi connectivity index (χ2v) is 10.2. The first-order chi connectivity index (χ1) is 17.5. The minimum Gasteiger partial charge on any atom is -0.308 e. The average Bonchev–Trinajstić information content (AvgIpc) is 2.91. The molecule has 36 heavy (non-hydrogen) atoms. The summed E-state index contributed by atoms with van der Waals surface area (Å²) in [7, 11) is 0. The van der Waals surface area contributed by atoms with Crippen LogP contribution >= 0.6 is 0 Å². The molecule has 2 nitrogen and oxygen atoms in total. The molecule has 0 aromatic heterocycles. The molecule has 0 aliphatic carbocycles. The van der Waals surface area contributed by atoms with Crippen molar-refractivity contribution < 1.29 is 0 Å². The fraction of sp³-hybridized carbons (Fsp3) is 0.294. The van der Waals surface area contributed by atoms with Gasteiger partial charge in [0.05, 0.1) is 6.04 Å². The van der Waals surface area contributed by atoms with Crippen LogP contribution in [-0.4, -0.2) is 12.1 Å². The Hall–Kier alpha value is -3.20. The summed E-state index contributed by atoms with van der Waals surface area (Å²) in [5, 5.41) is 7.45. The number of hydrogen-bond donors (Lipinski definition) is 2. The van der Waals surface area contributed by atoms with Gasteiger partial charge < -0.3 is 10.6 Å². The number of nitrogens with one attached hydrogen (secondary N) is 2. The lowest BCUT2D eigenvalue weighted by molar-refractivity contribution is 0.473. The molecule has 0 saturated heterocycles. The fourth-order valence-electron chi connectivity index (χ4n) is 4.85. The van der Waals surface area contributed by atoms with Crippen LogP contribution in [0.3, 0.4) is 0 Å². The Balaban J connectivity index is 1.35. The van der Waals surface area contributed by atoms with Crippen LogP contribution in [0.2, 0.25) is 0 Å². The van der Waals surface area contributed by atoms with Gasteiger partial charge in [-0.3, -0.25) is 0 Å². The molecule has 2 heteroatoms. The third kappa shape index (κ3) is 7.16. The second-order valence-electron chi connectivity index (χ2n) is 10.2. The highest BCUT2D eigenvalue weighted by Crippen LogP contribution is 2.25. The van der Waals surface area contributed by atoms with Crippen LogP contribution < -0.4 is 10.6 Å². The summed E-state index contributed by atoms with van der Waals surface area (Å²) < 4.78 is 0. The molecular weight excluding hydrogens is 436 g/mol. The Morgan fingerprint density at radius 2 is 1.03 bits per heavy atom. The van der Waals surface area contributed by atoms with Crippen LogP contribution in [0.15, 0.2) is 109 Å². The van der Waals surface area contributed by atoms with Gasteiger partial charge in [0.15, 0.2) is 0 Å². The number of rotatable bonds is 11. The first kappa shape index (κ1) is 25.9. The van der Waals surface area contributed by atoms with Gasteiger partial charge in [-0.05, 0) is 60.1 Å². The molecule has 0 heterocycles. The fourth-order valence-corrected chi connectivity index (χ4v) is 4.85. The lowest BCUT2D eigenvalue weighted by Crippen LogP contribution is -2.31. The Morgan fingerprint density at radius 3 is 1.53 bits per heavy atom. The maximum Gasteiger partial charge on any atom is 0.0578 e. The van der Waals surface area contributed by atoms with E-state index in [1.54, 1.807) is 0 Å². The Kier molecular flexibility index (Phi) is 9.11. The van der Waals surface area contributed by atoms with E-state index >= 15 is 0 Å². The number of hydrogen-bond acceptors (Lipinski definition) is 2. The standard InChI is InChI=1S/C34H40N2/c1-25(2)35-27(4)29-21-23-31(24-22-29)30-19-17-28(18-20-30)16-15-26(3)36-34(32-11-7-5-8-12-32)33-13-9-6-10-14-33/h5-14,17-27,34-36H,15-16H2,1-4H3. The molecule has 0 aliphatic rings. The molecule has 2 N–H and O–H groups in total. The van der Waals surface area contributed by atoms with Crippen molar-refractivity contribution in [3.63, 3.8) is 0 Å². The molecule has 0 bridgehead atoms. The summed E-state index contributed by atoms with van der Waals surface area (Å²) in [5.74, 6) is 0. The van der Waals surface area contributed by atoms with Crippen molar-refractivity contribution in [1.29, 1.82) is 0 Å². The molecule has 4 rings (SSSR count). The SMILES string of the molecule is CC(C)NC(C)c1ccc(-c2ccc(CCC(C)NC(c3ccccc3)c3ccccc3)cc2)cc1. The molecule has 0 amide bonds. The van der Waals surface area contributed by atoms with Gasteiger partial charge in [0.1, 0.15) is 0 Å². The lowest BCUT2D eigenvalue weighted by Gasteiger charge is -2.24. The van der Waals surface area contributed by atoms with E-state index in [0.717, 1.165) is 12.8 Å². The third-order valence-electron chi connectivity index (χ3n) is 6.86. The van der Waals surface area contributed by atoms with Crippen LogP contribution in [0.1, 0.15) is 68.5 Å². The van der Waals surface area contributed by atoms with Crippen molar-refractivity contribution in [3.05, 3.63) is 131 Å². The summed E-state index contributed by atoms with van der Waals surface area (Å²) in [6.45, 7) is 8.90. The molecular formula is C34H40N2. The summed E-state index contributed by atoms with van der Waals surface area (Å²) in [6.07, 6.45) is 2.15. The van der Waals surface area contributed by atoms with Crippen LogP contribution in [-0.2, 0) is 6.42 Å². The zero-order valence-electron chi connectivity index (χ0n) is 22.1. The van der Waals surface area contributed by atoms with E-state index in [0.29, 0.717) is 18.1 Å². The molecule has 4 aromatic rings. The van der Waals surface area contributed by atoms with Crippen LogP contribution in [0.4, 0.5) is 0 Å². The van der Waals surface area contributed by atoms with E-state index in [9.17, 15) is 0 Å². The third-order valence-corrected chi connectivity index (χ3v) is 6.86. The predicted octanol–water partition coefficient (Wildman–Crippen LogP) is 8.11. The smallest absolute Gasteiger partial charge is 0.0578 e. The average molecular weight is 477 g/mol. The normalized spacial score (nSPS) is 13.2. The van der Waals surface area contributed by atoms with Gasteiger partial charge in [-0.1, -0.05) is 123 Å². The van der Waals surface area contributed by atoms with E-state index in [-0.39, 0.29) is 6.04 Å². The molecule has 4 aromatic carbocycles. The first-order valence-corrected chi connectivity index (χ1v) is 13.3. The monoisotopic (exact) mass is 476 g/mol. The highest BCUT2D eigenvalue weighted by Gasteiger charge is 2.16. The first-order valence-electron chi connectivity index (χ1n) is 13.3. The van der Waals surface area contributed by atoms with Crippen molar-refractivity contribution in [2.75, 3.05) is 0 Å². The quantitative estimate of drug-likeness (QED) is 0.228. The highest BCUT2D eigenvalue weighted by atomic mass is 14.9. The summed E-state index contributed by atoms with van der Waals surface area (Å²) in [6, 6.07) is 41.0. The van der Waals surface area contributed by atoms with Crippen molar-refractivity contribution in [2.24, 2.45) is 0 Å².